The number of hydrogen-bond donors (Lipinski definition) is 1. The van der Waals surface area contributed by atoms with Crippen molar-refractivity contribution in [3.8, 4) is 0 Å². The average molecular weight is 334 g/mol. The van der Waals surface area contributed by atoms with E-state index in [1.807, 2.05) is 78.9 Å². The number of benzene rings is 2. The van der Waals surface area contributed by atoms with Gasteiger partial charge in [0.1, 0.15) is 0 Å². The van der Waals surface area contributed by atoms with E-state index in [9.17, 15) is 4.79 Å². The molecule has 0 saturated carbocycles. The Morgan fingerprint density at radius 1 is 1.00 bits per heavy atom. The van der Waals surface area contributed by atoms with Crippen LogP contribution in [0.3, 0.4) is 0 Å². The van der Waals surface area contributed by atoms with E-state index in [-0.39, 0.29) is 0 Å². The van der Waals surface area contributed by atoms with Gasteiger partial charge < -0.3 is 5.11 Å². The normalized spacial score (nSPS) is 10.8. The number of carbonyl (C=O) groups is 1. The van der Waals surface area contributed by atoms with E-state index in [4.69, 9.17) is 5.11 Å². The van der Waals surface area contributed by atoms with E-state index < -0.39 is 5.97 Å². The average Bonchev–Trinajstić information content (AvgIpc) is 2.65. The Morgan fingerprint density at radius 2 is 1.56 bits per heavy atom. The van der Waals surface area contributed by atoms with Crippen molar-refractivity contribution < 1.29 is 9.90 Å². The highest BCUT2D eigenvalue weighted by Crippen LogP contribution is 2.11. The summed E-state index contributed by atoms with van der Waals surface area (Å²) in [5, 5.41) is 8.77. The van der Waals surface area contributed by atoms with Gasteiger partial charge in [-0.2, -0.15) is 0 Å². The van der Waals surface area contributed by atoms with Crippen LogP contribution in [0.1, 0.15) is 37.3 Å². The fourth-order valence-electron chi connectivity index (χ4n) is 2.10. The summed E-state index contributed by atoms with van der Waals surface area (Å²) in [4.78, 5) is 10.7. The molecule has 0 bridgehead atoms. The maximum Gasteiger partial charge on any atom is 0.328 e. The Bertz CT molecular complexity index is 683. The van der Waals surface area contributed by atoms with Crippen LogP contribution < -0.4 is 0 Å². The molecule has 0 aliphatic carbocycles. The molecule has 25 heavy (non-hydrogen) atoms. The second-order valence-corrected chi connectivity index (χ2v) is 5.52. The summed E-state index contributed by atoms with van der Waals surface area (Å²) in [6, 6.07) is 19.9. The van der Waals surface area contributed by atoms with Gasteiger partial charge in [0.05, 0.1) is 0 Å². The molecule has 2 rings (SSSR count). The highest BCUT2D eigenvalue weighted by Gasteiger charge is 1.96. The van der Waals surface area contributed by atoms with E-state index in [2.05, 4.69) is 13.5 Å². The number of unbranched alkanes of at least 4 members (excludes halogenated alkanes) is 1. The summed E-state index contributed by atoms with van der Waals surface area (Å²) < 4.78 is 0. The van der Waals surface area contributed by atoms with Crippen molar-refractivity contribution in [2.45, 2.75) is 26.2 Å². The predicted octanol–water partition coefficient (Wildman–Crippen LogP) is 6.23. The third-order valence-electron chi connectivity index (χ3n) is 3.45. The molecular formula is C23H26O2. The molecular weight excluding hydrogens is 308 g/mol. The van der Waals surface area contributed by atoms with Crippen molar-refractivity contribution in [2.24, 2.45) is 0 Å². The fourth-order valence-corrected chi connectivity index (χ4v) is 2.10. The van der Waals surface area contributed by atoms with Crippen LogP contribution in [0.4, 0.5) is 0 Å². The van der Waals surface area contributed by atoms with E-state index in [0.29, 0.717) is 0 Å². The number of allylic oxidation sites excluding steroid dienone is 2. The first kappa shape index (κ1) is 20.2. The lowest BCUT2D eigenvalue weighted by Gasteiger charge is -1.99. The zero-order valence-corrected chi connectivity index (χ0v) is 14.8. The van der Waals surface area contributed by atoms with Gasteiger partial charge in [-0.25, -0.2) is 4.79 Å². The van der Waals surface area contributed by atoms with Gasteiger partial charge in [-0.1, -0.05) is 98.8 Å². The van der Waals surface area contributed by atoms with Crippen molar-refractivity contribution in [3.63, 3.8) is 0 Å². The fraction of sp³-hybridized carbons (Fsp3) is 0.174. The minimum Gasteiger partial charge on any atom is -0.478 e. The lowest BCUT2D eigenvalue weighted by molar-refractivity contribution is -0.131. The molecule has 0 aliphatic rings. The van der Waals surface area contributed by atoms with Gasteiger partial charge in [-0.15, -0.1) is 0 Å². The van der Waals surface area contributed by atoms with Gasteiger partial charge >= 0.3 is 5.97 Å². The molecule has 0 spiro atoms. The Kier molecular flexibility index (Phi) is 10.1. The van der Waals surface area contributed by atoms with Crippen LogP contribution in [0.5, 0.6) is 0 Å². The largest absolute Gasteiger partial charge is 0.478 e. The minimum atomic E-state index is -0.881. The van der Waals surface area contributed by atoms with Gasteiger partial charge in [-0.3, -0.25) is 0 Å². The van der Waals surface area contributed by atoms with Crippen molar-refractivity contribution in [1.82, 2.24) is 0 Å². The maximum atomic E-state index is 10.7. The van der Waals surface area contributed by atoms with E-state index in [1.165, 1.54) is 11.6 Å². The highest BCUT2D eigenvalue weighted by atomic mass is 16.4. The third kappa shape index (κ3) is 9.77. The van der Waals surface area contributed by atoms with Crippen LogP contribution in [0.2, 0.25) is 0 Å². The van der Waals surface area contributed by atoms with E-state index in [0.717, 1.165) is 30.4 Å². The molecule has 0 radical (unpaired) electrons. The third-order valence-corrected chi connectivity index (χ3v) is 3.45. The van der Waals surface area contributed by atoms with Gasteiger partial charge in [0.15, 0.2) is 0 Å². The Balaban J connectivity index is 0.000000324. The number of carboxylic acids is 1. The molecule has 0 unspecified atom stereocenters. The number of hydrogen-bond acceptors (Lipinski definition) is 1. The van der Waals surface area contributed by atoms with Gasteiger partial charge in [0, 0.05) is 6.08 Å². The van der Waals surface area contributed by atoms with Crippen LogP contribution >= 0.6 is 0 Å². The molecule has 0 atom stereocenters. The lowest BCUT2D eigenvalue weighted by atomic mass is 10.1. The molecule has 130 valence electrons. The van der Waals surface area contributed by atoms with Crippen LogP contribution in [0.15, 0.2) is 85.0 Å². The first-order valence-electron chi connectivity index (χ1n) is 8.49. The predicted molar refractivity (Wildman–Crippen MR) is 107 cm³/mol. The van der Waals surface area contributed by atoms with Gasteiger partial charge in [0.25, 0.3) is 0 Å². The van der Waals surface area contributed by atoms with Crippen molar-refractivity contribution >= 4 is 18.1 Å². The minimum absolute atomic E-state index is 0.812. The summed E-state index contributed by atoms with van der Waals surface area (Å²) in [7, 11) is 0. The first-order chi connectivity index (χ1) is 12.2. The van der Waals surface area contributed by atoms with Crippen LogP contribution in [0, 0.1) is 0 Å². The molecule has 2 nitrogen and oxygen atoms in total. The topological polar surface area (TPSA) is 37.3 Å². The summed E-state index contributed by atoms with van der Waals surface area (Å²) >= 11 is 0. The molecule has 0 aliphatic heterocycles. The molecule has 0 aromatic heterocycles. The van der Waals surface area contributed by atoms with Gasteiger partial charge in [0.2, 0.25) is 0 Å². The highest BCUT2D eigenvalue weighted by molar-refractivity contribution is 5.81. The number of rotatable bonds is 7. The summed E-state index contributed by atoms with van der Waals surface area (Å²) in [6.07, 6.45) is 9.85. The Morgan fingerprint density at radius 3 is 2.00 bits per heavy atom. The molecule has 0 amide bonds. The molecule has 2 aromatic carbocycles. The maximum absolute atomic E-state index is 10.7. The Labute approximate surface area is 150 Å². The first-order valence-corrected chi connectivity index (χ1v) is 8.49. The molecule has 0 heterocycles. The molecule has 0 fully saturated rings. The van der Waals surface area contributed by atoms with Gasteiger partial charge in [-0.05, 0) is 29.5 Å². The van der Waals surface area contributed by atoms with Crippen LogP contribution in [-0.2, 0) is 4.79 Å². The summed E-state index contributed by atoms with van der Waals surface area (Å²) in [6.45, 7) is 5.73. The smallest absolute Gasteiger partial charge is 0.328 e. The van der Waals surface area contributed by atoms with E-state index in [1.54, 1.807) is 0 Å². The Hall–Kier alpha value is -2.87. The molecule has 2 heteroatoms. The van der Waals surface area contributed by atoms with Crippen molar-refractivity contribution in [3.05, 3.63) is 96.1 Å². The summed E-state index contributed by atoms with van der Waals surface area (Å²) in [5.41, 5.74) is 3.12. The molecule has 2 aromatic rings. The van der Waals surface area contributed by atoms with Crippen LogP contribution in [-0.4, -0.2) is 11.1 Å². The SMILES string of the molecule is C=Cc1ccccc1.CCCCC(C=Cc1ccccc1)=CC(=O)O. The zero-order valence-electron chi connectivity index (χ0n) is 14.8. The summed E-state index contributed by atoms with van der Waals surface area (Å²) in [5.74, 6) is -0.881. The number of carboxylic acid groups (broad SMARTS) is 1. The van der Waals surface area contributed by atoms with Crippen molar-refractivity contribution in [1.29, 1.82) is 0 Å². The second-order valence-electron chi connectivity index (χ2n) is 5.52. The standard InChI is InChI=1S/C15H18O2.C8H8/c1-2-3-7-14(12-15(16)17)11-10-13-8-5-4-6-9-13;1-2-8-6-4-3-5-7-8/h4-6,8-12H,2-3,7H2,1H3,(H,16,17);2-7H,1H2. The molecule has 0 saturated heterocycles. The quantitative estimate of drug-likeness (QED) is 0.481. The monoisotopic (exact) mass is 334 g/mol. The second kappa shape index (κ2) is 12.5. The van der Waals surface area contributed by atoms with E-state index >= 15 is 0 Å². The zero-order chi connectivity index (χ0) is 18.3. The lowest BCUT2D eigenvalue weighted by Crippen LogP contribution is -1.91. The number of aliphatic carboxylic acids is 1. The van der Waals surface area contributed by atoms with Crippen LogP contribution in [0.25, 0.3) is 12.2 Å². The van der Waals surface area contributed by atoms with Crippen molar-refractivity contribution in [2.75, 3.05) is 0 Å². The molecule has 1 N–H and O–H groups in total.